The predicted molar refractivity (Wildman–Crippen MR) is 77.6 cm³/mol. The van der Waals surface area contributed by atoms with E-state index >= 15 is 0 Å². The minimum absolute atomic E-state index is 0.211. The molecule has 2 aliphatic heterocycles. The zero-order chi connectivity index (χ0) is 15.1. The summed E-state index contributed by atoms with van der Waals surface area (Å²) >= 11 is 0. The Morgan fingerprint density at radius 2 is 1.65 bits per heavy atom. The Bertz CT molecular complexity index is 356. The first kappa shape index (κ1) is 15.6. The molecule has 2 heterocycles. The summed E-state index contributed by atoms with van der Waals surface area (Å²) in [6.45, 7) is 11.4. The zero-order valence-electron chi connectivity index (χ0n) is 13.3. The normalized spacial score (nSPS) is 27.8. The van der Waals surface area contributed by atoms with Gasteiger partial charge in [-0.3, -0.25) is 4.90 Å². The maximum absolute atomic E-state index is 12.2. The maximum atomic E-state index is 12.2. The summed E-state index contributed by atoms with van der Waals surface area (Å²) in [5, 5.41) is 10.0. The molecule has 0 aliphatic carbocycles. The number of amides is 1. The Morgan fingerprint density at radius 1 is 1.15 bits per heavy atom. The lowest BCUT2D eigenvalue weighted by atomic mass is 10.1. The molecule has 1 amide bonds. The lowest BCUT2D eigenvalue weighted by Gasteiger charge is -2.43. The molecule has 2 rings (SSSR count). The number of rotatable bonds is 2. The number of nitrogens with zero attached hydrogens (tertiary/aromatic N) is 2. The van der Waals surface area contributed by atoms with Crippen LogP contribution in [0.3, 0.4) is 0 Å². The van der Waals surface area contributed by atoms with E-state index in [9.17, 15) is 9.90 Å². The van der Waals surface area contributed by atoms with E-state index in [-0.39, 0.29) is 6.09 Å². The Kier molecular flexibility index (Phi) is 4.04. The summed E-state index contributed by atoms with van der Waals surface area (Å²) < 4.78 is 5.46. The number of ether oxygens (including phenoxy) is 1. The van der Waals surface area contributed by atoms with Gasteiger partial charge in [-0.2, -0.15) is 0 Å². The molecule has 5 nitrogen and oxygen atoms in total. The Morgan fingerprint density at radius 3 is 2.05 bits per heavy atom. The van der Waals surface area contributed by atoms with Crippen LogP contribution in [-0.2, 0) is 4.74 Å². The van der Waals surface area contributed by atoms with E-state index < -0.39 is 11.2 Å². The molecule has 2 saturated heterocycles. The van der Waals surface area contributed by atoms with Crippen LogP contribution in [0.4, 0.5) is 4.79 Å². The summed E-state index contributed by atoms with van der Waals surface area (Å²) in [5.41, 5.74) is -1.13. The van der Waals surface area contributed by atoms with Crippen molar-refractivity contribution in [2.45, 2.75) is 70.7 Å². The van der Waals surface area contributed by atoms with Gasteiger partial charge in [0, 0.05) is 31.7 Å². The van der Waals surface area contributed by atoms with Gasteiger partial charge in [0.25, 0.3) is 0 Å². The van der Waals surface area contributed by atoms with Crippen molar-refractivity contribution in [2.24, 2.45) is 0 Å². The SMILES string of the molecule is CC(C)(O)CN1C2CCC1CN(C(=O)OC(C)(C)C)C2. The van der Waals surface area contributed by atoms with Crippen LogP contribution in [0.15, 0.2) is 0 Å². The van der Waals surface area contributed by atoms with E-state index in [2.05, 4.69) is 4.90 Å². The third-order valence-electron chi connectivity index (χ3n) is 3.85. The van der Waals surface area contributed by atoms with Crippen LogP contribution in [0, 0.1) is 0 Å². The molecule has 2 fully saturated rings. The molecular weight excluding hydrogens is 256 g/mol. The highest BCUT2D eigenvalue weighted by Crippen LogP contribution is 2.32. The molecule has 2 aliphatic rings. The molecule has 0 spiro atoms. The molecule has 0 aromatic heterocycles. The number of likely N-dealkylation sites (tertiary alicyclic amines) is 1. The molecule has 0 aromatic carbocycles. The van der Waals surface area contributed by atoms with Crippen LogP contribution in [-0.4, -0.2) is 63.9 Å². The summed E-state index contributed by atoms with van der Waals surface area (Å²) in [5.74, 6) is 0. The van der Waals surface area contributed by atoms with Gasteiger partial charge >= 0.3 is 6.09 Å². The summed E-state index contributed by atoms with van der Waals surface area (Å²) in [6, 6.07) is 0.709. The van der Waals surface area contributed by atoms with E-state index in [1.54, 1.807) is 0 Å². The van der Waals surface area contributed by atoms with Crippen molar-refractivity contribution < 1.29 is 14.6 Å². The number of hydrogen-bond donors (Lipinski definition) is 1. The number of fused-ring (bicyclic) bond motifs is 2. The molecule has 2 unspecified atom stereocenters. The largest absolute Gasteiger partial charge is 0.444 e. The fourth-order valence-corrected chi connectivity index (χ4v) is 3.17. The molecule has 1 N–H and O–H groups in total. The zero-order valence-corrected chi connectivity index (χ0v) is 13.3. The number of hydrogen-bond acceptors (Lipinski definition) is 4. The standard InChI is InChI=1S/C15H28N2O3/c1-14(2,3)20-13(18)16-8-11-6-7-12(9-16)17(11)10-15(4,5)19/h11-12,19H,6-10H2,1-5H3. The third kappa shape index (κ3) is 3.85. The molecule has 2 bridgehead atoms. The van der Waals surface area contributed by atoms with E-state index in [0.717, 1.165) is 12.8 Å². The lowest BCUT2D eigenvalue weighted by Crippen LogP contribution is -2.58. The first-order chi connectivity index (χ1) is 9.05. The van der Waals surface area contributed by atoms with Gasteiger partial charge in [0.2, 0.25) is 0 Å². The van der Waals surface area contributed by atoms with Gasteiger partial charge in [0.15, 0.2) is 0 Å². The third-order valence-corrected chi connectivity index (χ3v) is 3.85. The molecule has 116 valence electrons. The summed E-state index contributed by atoms with van der Waals surface area (Å²) in [4.78, 5) is 16.4. The number of aliphatic hydroxyl groups is 1. The summed E-state index contributed by atoms with van der Waals surface area (Å²) in [7, 11) is 0. The van der Waals surface area contributed by atoms with Crippen molar-refractivity contribution in [1.29, 1.82) is 0 Å². The van der Waals surface area contributed by atoms with E-state index in [0.29, 0.717) is 31.7 Å². The second-order valence-electron chi connectivity index (χ2n) is 7.76. The fourth-order valence-electron chi connectivity index (χ4n) is 3.17. The van der Waals surface area contributed by atoms with Gasteiger partial charge in [-0.1, -0.05) is 0 Å². The molecule has 20 heavy (non-hydrogen) atoms. The molecule has 2 atom stereocenters. The highest BCUT2D eigenvalue weighted by Gasteiger charge is 2.43. The second-order valence-corrected chi connectivity index (χ2v) is 7.76. The first-order valence-electron chi connectivity index (χ1n) is 7.51. The van der Waals surface area contributed by atoms with Crippen LogP contribution in [0.5, 0.6) is 0 Å². The monoisotopic (exact) mass is 284 g/mol. The van der Waals surface area contributed by atoms with Crippen molar-refractivity contribution in [3.63, 3.8) is 0 Å². The van der Waals surface area contributed by atoms with Crippen LogP contribution >= 0.6 is 0 Å². The van der Waals surface area contributed by atoms with Gasteiger partial charge in [0.1, 0.15) is 5.60 Å². The van der Waals surface area contributed by atoms with Crippen LogP contribution in [0.25, 0.3) is 0 Å². The molecular formula is C15H28N2O3. The van der Waals surface area contributed by atoms with Gasteiger partial charge < -0.3 is 14.7 Å². The van der Waals surface area contributed by atoms with Gasteiger partial charge in [0.05, 0.1) is 5.60 Å². The molecule has 5 heteroatoms. The van der Waals surface area contributed by atoms with Gasteiger partial charge in [-0.15, -0.1) is 0 Å². The predicted octanol–water partition coefficient (Wildman–Crippen LogP) is 1.84. The lowest BCUT2D eigenvalue weighted by molar-refractivity contribution is -0.0248. The van der Waals surface area contributed by atoms with Crippen LogP contribution in [0.1, 0.15) is 47.5 Å². The van der Waals surface area contributed by atoms with Crippen molar-refractivity contribution in [3.8, 4) is 0 Å². The van der Waals surface area contributed by atoms with Crippen LogP contribution in [0.2, 0.25) is 0 Å². The number of carbonyl (C=O) groups is 1. The van der Waals surface area contributed by atoms with E-state index in [4.69, 9.17) is 4.74 Å². The molecule has 0 aromatic rings. The van der Waals surface area contributed by atoms with Gasteiger partial charge in [-0.25, -0.2) is 4.79 Å². The Labute approximate surface area is 121 Å². The quantitative estimate of drug-likeness (QED) is 0.840. The Hall–Kier alpha value is -0.810. The van der Waals surface area contributed by atoms with E-state index in [1.165, 1.54) is 0 Å². The van der Waals surface area contributed by atoms with Crippen molar-refractivity contribution in [1.82, 2.24) is 9.80 Å². The fraction of sp³-hybridized carbons (Fsp3) is 0.933. The maximum Gasteiger partial charge on any atom is 0.410 e. The van der Waals surface area contributed by atoms with Gasteiger partial charge in [-0.05, 0) is 47.5 Å². The highest BCUT2D eigenvalue weighted by atomic mass is 16.6. The summed E-state index contributed by atoms with van der Waals surface area (Å²) in [6.07, 6.45) is 1.98. The van der Waals surface area contributed by atoms with E-state index in [1.807, 2.05) is 39.5 Å². The minimum atomic E-state index is -0.686. The number of carbonyl (C=O) groups excluding carboxylic acids is 1. The average molecular weight is 284 g/mol. The Balaban J connectivity index is 1.97. The molecule has 0 saturated carbocycles. The second kappa shape index (κ2) is 5.19. The smallest absolute Gasteiger partial charge is 0.410 e. The van der Waals surface area contributed by atoms with Crippen LogP contribution < -0.4 is 0 Å². The molecule has 0 radical (unpaired) electrons. The first-order valence-corrected chi connectivity index (χ1v) is 7.51. The topological polar surface area (TPSA) is 53.0 Å². The number of piperazine rings is 1. The highest BCUT2D eigenvalue weighted by molar-refractivity contribution is 5.68. The minimum Gasteiger partial charge on any atom is -0.444 e. The van der Waals surface area contributed by atoms with Crippen molar-refractivity contribution >= 4 is 6.09 Å². The van der Waals surface area contributed by atoms with Crippen molar-refractivity contribution in [3.05, 3.63) is 0 Å². The van der Waals surface area contributed by atoms with Crippen molar-refractivity contribution in [2.75, 3.05) is 19.6 Å². The average Bonchev–Trinajstić information content (AvgIpc) is 2.47.